The highest BCUT2D eigenvalue weighted by molar-refractivity contribution is 5.89. The van der Waals surface area contributed by atoms with Gasteiger partial charge in [0.1, 0.15) is 73.2 Å². The van der Waals surface area contributed by atoms with Crippen LogP contribution in [0.15, 0.2) is 0 Å². The van der Waals surface area contributed by atoms with E-state index in [0.717, 1.165) is 0 Å². The van der Waals surface area contributed by atoms with Crippen LogP contribution in [0.1, 0.15) is 34.6 Å². The van der Waals surface area contributed by atoms with Crippen LogP contribution in [0.2, 0.25) is 0 Å². The molecule has 0 radical (unpaired) electrons. The summed E-state index contributed by atoms with van der Waals surface area (Å²) < 4.78 is 15.9. The zero-order valence-electron chi connectivity index (χ0n) is 24.7. The van der Waals surface area contributed by atoms with Crippen molar-refractivity contribution in [3.8, 4) is 0 Å². The van der Waals surface area contributed by atoms with Crippen molar-refractivity contribution in [2.75, 3.05) is 26.4 Å². The maximum Gasteiger partial charge on any atom is 0.187 e. The molecule has 0 bridgehead atoms. The molecule has 254 valence electrons. The molecule has 0 spiro atoms. The second-order valence-corrected chi connectivity index (χ2v) is 12.3. The number of hydrogen-bond acceptors (Lipinski definition) is 17. The molecule has 43 heavy (non-hydrogen) atoms. The van der Waals surface area contributed by atoms with Crippen LogP contribution in [0.25, 0.3) is 0 Å². The Balaban J connectivity index is 3.17. The Hall–Kier alpha value is -1.26. The van der Waals surface area contributed by atoms with Gasteiger partial charge in [0.2, 0.25) is 0 Å². The minimum atomic E-state index is -2.39. The highest BCUT2D eigenvalue weighted by Crippen LogP contribution is 2.29. The number of ether oxygens (including phenoxy) is 3. The molecule has 0 aromatic rings. The Morgan fingerprint density at radius 2 is 1.26 bits per heavy atom. The zero-order valence-corrected chi connectivity index (χ0v) is 24.7. The predicted octanol–water partition coefficient (Wildman–Crippen LogP) is -6.08. The van der Waals surface area contributed by atoms with Gasteiger partial charge in [0, 0.05) is 10.8 Å². The fourth-order valence-electron chi connectivity index (χ4n) is 4.24. The fourth-order valence-corrected chi connectivity index (χ4v) is 4.24. The highest BCUT2D eigenvalue weighted by atomic mass is 16.7. The lowest BCUT2D eigenvalue weighted by atomic mass is 9.82. The summed E-state index contributed by atoms with van der Waals surface area (Å²) in [5, 5.41) is 121. The van der Waals surface area contributed by atoms with Gasteiger partial charge < -0.3 is 75.5 Å². The summed E-state index contributed by atoms with van der Waals surface area (Å²) >= 11 is 0. The smallest absolute Gasteiger partial charge is 0.187 e. The highest BCUT2D eigenvalue weighted by Gasteiger charge is 2.49. The second-order valence-electron chi connectivity index (χ2n) is 12.3. The first-order valence-electron chi connectivity index (χ1n) is 13.6. The van der Waals surface area contributed by atoms with Crippen LogP contribution < -0.4 is 0 Å². The van der Waals surface area contributed by atoms with Crippen LogP contribution in [-0.2, 0) is 23.8 Å². The summed E-state index contributed by atoms with van der Waals surface area (Å²) in [7, 11) is 0. The molecule has 1 fully saturated rings. The van der Waals surface area contributed by atoms with Gasteiger partial charge in [-0.05, 0) is 0 Å². The third-order valence-electron chi connectivity index (χ3n) is 7.18. The molecule has 0 aromatic carbocycles. The van der Waals surface area contributed by atoms with Crippen molar-refractivity contribution >= 4 is 11.6 Å². The van der Waals surface area contributed by atoms with E-state index in [4.69, 9.17) is 14.2 Å². The van der Waals surface area contributed by atoms with Crippen molar-refractivity contribution in [1.82, 2.24) is 0 Å². The van der Waals surface area contributed by atoms with Gasteiger partial charge in [-0.15, -0.1) is 0 Å². The molecular formula is C26H48O17. The lowest BCUT2D eigenvalue weighted by molar-refractivity contribution is -0.326. The van der Waals surface area contributed by atoms with Crippen LogP contribution >= 0.6 is 0 Å². The van der Waals surface area contributed by atoms with Crippen LogP contribution in [0.4, 0.5) is 0 Å². The Bertz CT molecular complexity index is 876. The molecule has 0 amide bonds. The molecule has 17 nitrogen and oxygen atoms in total. The van der Waals surface area contributed by atoms with E-state index in [2.05, 4.69) is 0 Å². The van der Waals surface area contributed by atoms with E-state index in [9.17, 15) is 70.9 Å². The summed E-state index contributed by atoms with van der Waals surface area (Å²) in [6, 6.07) is 0. The van der Waals surface area contributed by atoms with Crippen molar-refractivity contribution in [3.05, 3.63) is 0 Å². The standard InChI is InChI=1S/C26H48O17/c1-25(2,3)22(39)19(38)21(13(32)10(30)6-27)41-9-26(4,5)23(40)17(36)16(35)20(11(31)7-28)43-24-18(37)15(34)14(33)12(8-29)42-24/h10-21,24,27-38H,6-9H2,1-5H3/t10-,11-,12?,13-,14?,15?,16-,17-,18?,19-,20-,21+,24?/m1/s1. The van der Waals surface area contributed by atoms with Crippen LogP contribution in [0.5, 0.6) is 0 Å². The summed E-state index contributed by atoms with van der Waals surface area (Å²) in [6.07, 6.45) is -25.5. The van der Waals surface area contributed by atoms with Gasteiger partial charge in [-0.3, -0.25) is 9.59 Å². The molecule has 0 aliphatic carbocycles. The quantitative estimate of drug-likeness (QED) is 0.0710. The van der Waals surface area contributed by atoms with Crippen molar-refractivity contribution < 1.29 is 85.1 Å². The molecule has 0 aromatic heterocycles. The summed E-state index contributed by atoms with van der Waals surface area (Å²) in [5.74, 6) is -1.97. The average Bonchev–Trinajstić information content (AvgIpc) is 2.96. The van der Waals surface area contributed by atoms with Gasteiger partial charge in [-0.25, -0.2) is 0 Å². The van der Waals surface area contributed by atoms with Gasteiger partial charge in [0.25, 0.3) is 0 Å². The lowest BCUT2D eigenvalue weighted by Crippen LogP contribution is -2.62. The number of hydrogen-bond donors (Lipinski definition) is 12. The molecule has 1 saturated heterocycles. The molecule has 17 heteroatoms. The molecule has 1 heterocycles. The van der Waals surface area contributed by atoms with Gasteiger partial charge >= 0.3 is 0 Å². The number of aliphatic hydroxyl groups excluding tert-OH is 12. The van der Waals surface area contributed by atoms with Crippen molar-refractivity contribution in [2.45, 2.75) is 114 Å². The first kappa shape index (κ1) is 39.8. The number of ketones is 2. The number of aliphatic hydroxyl groups is 12. The third kappa shape index (κ3) is 9.86. The van der Waals surface area contributed by atoms with Gasteiger partial charge in [0.15, 0.2) is 17.9 Å². The Labute approximate surface area is 248 Å². The minimum Gasteiger partial charge on any atom is -0.394 e. The average molecular weight is 633 g/mol. The maximum atomic E-state index is 13.2. The molecule has 1 rings (SSSR count). The predicted molar refractivity (Wildman–Crippen MR) is 142 cm³/mol. The SMILES string of the molecule is CC(C)(C)C(=O)[C@H](O)[C@@H](OCC(C)(C)C(=O)[C@H](O)[C@@H](O)[C@H](OC1OC(CO)C(O)C(O)C1O)[C@H](O)CO)[C@H](O)[C@H](O)CO. The van der Waals surface area contributed by atoms with E-state index in [0.29, 0.717) is 0 Å². The normalized spacial score (nSPS) is 29.2. The molecule has 13 atom stereocenters. The van der Waals surface area contributed by atoms with E-state index < -0.39 is 128 Å². The molecular weight excluding hydrogens is 584 g/mol. The minimum absolute atomic E-state index is 0.731. The van der Waals surface area contributed by atoms with E-state index >= 15 is 0 Å². The number of rotatable bonds is 17. The van der Waals surface area contributed by atoms with E-state index in [1.807, 2.05) is 0 Å². The molecule has 5 unspecified atom stereocenters. The zero-order chi connectivity index (χ0) is 33.6. The second kappa shape index (κ2) is 16.3. The van der Waals surface area contributed by atoms with E-state index in [1.54, 1.807) is 0 Å². The summed E-state index contributed by atoms with van der Waals surface area (Å²) in [6.45, 7) is 3.22. The Morgan fingerprint density at radius 1 is 0.721 bits per heavy atom. The van der Waals surface area contributed by atoms with Crippen LogP contribution in [0.3, 0.4) is 0 Å². The van der Waals surface area contributed by atoms with E-state index in [1.165, 1.54) is 34.6 Å². The Morgan fingerprint density at radius 3 is 1.72 bits per heavy atom. The lowest BCUT2D eigenvalue weighted by Gasteiger charge is -2.42. The molecule has 12 N–H and O–H groups in total. The number of carbonyl (C=O) groups is 2. The van der Waals surface area contributed by atoms with Gasteiger partial charge in [0.05, 0.1) is 26.4 Å². The first-order valence-corrected chi connectivity index (χ1v) is 13.6. The van der Waals surface area contributed by atoms with Crippen molar-refractivity contribution in [3.63, 3.8) is 0 Å². The van der Waals surface area contributed by atoms with Crippen LogP contribution in [0, 0.1) is 10.8 Å². The third-order valence-corrected chi connectivity index (χ3v) is 7.18. The van der Waals surface area contributed by atoms with Crippen LogP contribution in [-0.4, -0.2) is 179 Å². The topological polar surface area (TPSA) is 305 Å². The van der Waals surface area contributed by atoms with E-state index in [-0.39, 0.29) is 0 Å². The summed E-state index contributed by atoms with van der Waals surface area (Å²) in [5.41, 5.74) is -2.90. The van der Waals surface area contributed by atoms with Gasteiger partial charge in [-0.2, -0.15) is 0 Å². The molecule has 0 saturated carbocycles. The summed E-state index contributed by atoms with van der Waals surface area (Å²) in [4.78, 5) is 25.9. The number of Topliss-reactive ketones (excluding diaryl/α,β-unsaturated/α-hetero) is 2. The van der Waals surface area contributed by atoms with Crippen molar-refractivity contribution in [2.24, 2.45) is 10.8 Å². The fraction of sp³-hybridized carbons (Fsp3) is 0.923. The molecule has 1 aliphatic heterocycles. The van der Waals surface area contributed by atoms with Gasteiger partial charge in [-0.1, -0.05) is 34.6 Å². The Kier molecular flexibility index (Phi) is 15.1. The molecule has 1 aliphatic rings. The number of carbonyl (C=O) groups excluding carboxylic acids is 2. The maximum absolute atomic E-state index is 13.2. The largest absolute Gasteiger partial charge is 0.394 e. The first-order chi connectivity index (χ1) is 19.7. The van der Waals surface area contributed by atoms with Crippen molar-refractivity contribution in [1.29, 1.82) is 0 Å². The monoisotopic (exact) mass is 632 g/mol.